The second-order valence-electron chi connectivity index (χ2n) is 5.67. The molecule has 0 aromatic carbocycles. The average Bonchev–Trinajstić information content (AvgIpc) is 2.33. The van der Waals surface area contributed by atoms with E-state index in [4.69, 9.17) is 4.74 Å². The highest BCUT2D eigenvalue weighted by molar-refractivity contribution is 4.81. The molecule has 3 unspecified atom stereocenters. The molecule has 3 atom stereocenters. The third-order valence-corrected chi connectivity index (χ3v) is 3.85. The van der Waals surface area contributed by atoms with Crippen LogP contribution in [0.4, 0.5) is 0 Å². The normalized spacial score (nSPS) is 27.0. The van der Waals surface area contributed by atoms with Gasteiger partial charge in [-0.3, -0.25) is 0 Å². The first-order valence-electron chi connectivity index (χ1n) is 7.59. The van der Waals surface area contributed by atoms with Gasteiger partial charge in [-0.2, -0.15) is 0 Å². The van der Waals surface area contributed by atoms with Gasteiger partial charge in [-0.05, 0) is 44.1 Å². The van der Waals surface area contributed by atoms with Crippen molar-refractivity contribution in [2.75, 3.05) is 19.8 Å². The van der Waals surface area contributed by atoms with Crippen molar-refractivity contribution in [2.24, 2.45) is 11.8 Å². The number of rotatable bonds is 8. The molecule has 1 saturated carbocycles. The van der Waals surface area contributed by atoms with Crippen LogP contribution in [-0.2, 0) is 4.74 Å². The van der Waals surface area contributed by atoms with Crippen LogP contribution in [0.15, 0.2) is 0 Å². The lowest BCUT2D eigenvalue weighted by Gasteiger charge is -2.33. The van der Waals surface area contributed by atoms with Crippen molar-refractivity contribution in [1.82, 2.24) is 5.32 Å². The molecule has 0 bridgehead atoms. The molecule has 0 aromatic rings. The van der Waals surface area contributed by atoms with Gasteiger partial charge >= 0.3 is 0 Å². The van der Waals surface area contributed by atoms with E-state index in [2.05, 4.69) is 26.1 Å². The van der Waals surface area contributed by atoms with Gasteiger partial charge in [0.25, 0.3) is 0 Å². The maximum Gasteiger partial charge on any atom is 0.0622 e. The van der Waals surface area contributed by atoms with E-state index in [-0.39, 0.29) is 0 Å². The van der Waals surface area contributed by atoms with E-state index in [1.165, 1.54) is 32.1 Å². The minimum absolute atomic E-state index is 0.587. The summed E-state index contributed by atoms with van der Waals surface area (Å²) in [4.78, 5) is 0. The molecule has 0 spiro atoms. The molecule has 102 valence electrons. The van der Waals surface area contributed by atoms with Gasteiger partial charge < -0.3 is 10.1 Å². The molecule has 1 rings (SSSR count). The molecule has 1 N–H and O–H groups in total. The van der Waals surface area contributed by atoms with Crippen LogP contribution in [-0.4, -0.2) is 25.8 Å². The topological polar surface area (TPSA) is 21.3 Å². The Balaban J connectivity index is 2.36. The standard InChI is InChI=1S/C15H31NO/c1-4-9-16-15(12-17-10-5-2)14-8-6-7-13(3)11-14/h13-16H,4-12H2,1-3H3. The van der Waals surface area contributed by atoms with E-state index in [0.717, 1.165) is 38.0 Å². The highest BCUT2D eigenvalue weighted by Gasteiger charge is 2.26. The third-order valence-electron chi connectivity index (χ3n) is 3.85. The van der Waals surface area contributed by atoms with Crippen LogP contribution in [0.1, 0.15) is 59.3 Å². The van der Waals surface area contributed by atoms with Crippen LogP contribution in [0.3, 0.4) is 0 Å². The van der Waals surface area contributed by atoms with Gasteiger partial charge in [0.05, 0.1) is 6.61 Å². The zero-order valence-electron chi connectivity index (χ0n) is 12.0. The Hall–Kier alpha value is -0.0800. The monoisotopic (exact) mass is 241 g/mol. The van der Waals surface area contributed by atoms with Crippen molar-refractivity contribution in [2.45, 2.75) is 65.3 Å². The summed E-state index contributed by atoms with van der Waals surface area (Å²) >= 11 is 0. The van der Waals surface area contributed by atoms with Crippen molar-refractivity contribution in [3.05, 3.63) is 0 Å². The van der Waals surface area contributed by atoms with Gasteiger partial charge in [0, 0.05) is 12.6 Å². The van der Waals surface area contributed by atoms with Gasteiger partial charge in [-0.15, -0.1) is 0 Å². The highest BCUT2D eigenvalue weighted by Crippen LogP contribution is 2.30. The SMILES string of the molecule is CCCNC(COCCC)C1CCCC(C)C1. The third kappa shape index (κ3) is 5.87. The minimum Gasteiger partial charge on any atom is -0.380 e. The van der Waals surface area contributed by atoms with E-state index < -0.39 is 0 Å². The Morgan fingerprint density at radius 3 is 2.71 bits per heavy atom. The van der Waals surface area contributed by atoms with Crippen molar-refractivity contribution >= 4 is 0 Å². The highest BCUT2D eigenvalue weighted by atomic mass is 16.5. The van der Waals surface area contributed by atoms with E-state index >= 15 is 0 Å². The van der Waals surface area contributed by atoms with E-state index in [1.54, 1.807) is 0 Å². The zero-order valence-corrected chi connectivity index (χ0v) is 12.0. The summed E-state index contributed by atoms with van der Waals surface area (Å²) in [5.41, 5.74) is 0. The average molecular weight is 241 g/mol. The molecule has 1 fully saturated rings. The fraction of sp³-hybridized carbons (Fsp3) is 1.00. The Morgan fingerprint density at radius 1 is 1.24 bits per heavy atom. The quantitative estimate of drug-likeness (QED) is 0.656. The molecule has 1 aliphatic rings. The molecular weight excluding hydrogens is 210 g/mol. The molecule has 0 saturated heterocycles. The largest absolute Gasteiger partial charge is 0.380 e. The van der Waals surface area contributed by atoms with E-state index in [9.17, 15) is 0 Å². The minimum atomic E-state index is 0.587. The fourth-order valence-corrected chi connectivity index (χ4v) is 2.89. The summed E-state index contributed by atoms with van der Waals surface area (Å²) in [6, 6.07) is 0.587. The fourth-order valence-electron chi connectivity index (χ4n) is 2.89. The van der Waals surface area contributed by atoms with Crippen LogP contribution in [0.2, 0.25) is 0 Å². The molecular formula is C15H31NO. The number of nitrogens with one attached hydrogen (secondary N) is 1. The van der Waals surface area contributed by atoms with Crippen LogP contribution >= 0.6 is 0 Å². The van der Waals surface area contributed by atoms with Gasteiger partial charge in [0.15, 0.2) is 0 Å². The first kappa shape index (κ1) is 15.0. The molecule has 2 heteroatoms. The lowest BCUT2D eigenvalue weighted by Crippen LogP contribution is -2.42. The first-order valence-corrected chi connectivity index (χ1v) is 7.59. The lowest BCUT2D eigenvalue weighted by molar-refractivity contribution is 0.0791. The molecule has 2 nitrogen and oxygen atoms in total. The van der Waals surface area contributed by atoms with Crippen LogP contribution in [0.5, 0.6) is 0 Å². The number of hydrogen-bond acceptors (Lipinski definition) is 2. The maximum absolute atomic E-state index is 5.77. The first-order chi connectivity index (χ1) is 8.27. The molecule has 0 amide bonds. The second-order valence-corrected chi connectivity index (χ2v) is 5.67. The van der Waals surface area contributed by atoms with Crippen LogP contribution in [0.25, 0.3) is 0 Å². The second kappa shape index (κ2) is 8.93. The molecule has 0 aliphatic heterocycles. The van der Waals surface area contributed by atoms with Gasteiger partial charge in [0.2, 0.25) is 0 Å². The smallest absolute Gasteiger partial charge is 0.0622 e. The Morgan fingerprint density at radius 2 is 2.06 bits per heavy atom. The lowest BCUT2D eigenvalue weighted by atomic mass is 9.78. The van der Waals surface area contributed by atoms with Crippen LogP contribution in [0, 0.1) is 11.8 Å². The molecule has 0 radical (unpaired) electrons. The zero-order chi connectivity index (χ0) is 12.5. The summed E-state index contributed by atoms with van der Waals surface area (Å²) in [6.07, 6.45) is 7.95. The predicted molar refractivity (Wildman–Crippen MR) is 74.3 cm³/mol. The summed E-state index contributed by atoms with van der Waals surface area (Å²) in [5, 5.41) is 3.69. The predicted octanol–water partition coefficient (Wildman–Crippen LogP) is 3.61. The Bertz CT molecular complexity index is 184. The molecule has 0 aromatic heterocycles. The molecule has 17 heavy (non-hydrogen) atoms. The number of hydrogen-bond donors (Lipinski definition) is 1. The Kier molecular flexibility index (Phi) is 7.87. The molecule has 0 heterocycles. The van der Waals surface area contributed by atoms with Crippen molar-refractivity contribution < 1.29 is 4.74 Å². The van der Waals surface area contributed by atoms with Gasteiger partial charge in [0.1, 0.15) is 0 Å². The van der Waals surface area contributed by atoms with Gasteiger partial charge in [-0.1, -0.05) is 33.6 Å². The number of ether oxygens (including phenoxy) is 1. The van der Waals surface area contributed by atoms with Crippen LogP contribution < -0.4 is 5.32 Å². The van der Waals surface area contributed by atoms with Crippen molar-refractivity contribution in [3.63, 3.8) is 0 Å². The maximum atomic E-state index is 5.77. The van der Waals surface area contributed by atoms with Gasteiger partial charge in [-0.25, -0.2) is 0 Å². The van der Waals surface area contributed by atoms with E-state index in [0.29, 0.717) is 6.04 Å². The summed E-state index contributed by atoms with van der Waals surface area (Å²) in [5.74, 6) is 1.74. The van der Waals surface area contributed by atoms with E-state index in [1.807, 2.05) is 0 Å². The molecule has 1 aliphatic carbocycles. The summed E-state index contributed by atoms with van der Waals surface area (Å²) in [6.45, 7) is 9.76. The van der Waals surface area contributed by atoms with Crippen molar-refractivity contribution in [3.8, 4) is 0 Å². The van der Waals surface area contributed by atoms with Crippen molar-refractivity contribution in [1.29, 1.82) is 0 Å². The Labute approximate surface area is 108 Å². The summed E-state index contributed by atoms with van der Waals surface area (Å²) < 4.78 is 5.77. The summed E-state index contributed by atoms with van der Waals surface area (Å²) in [7, 11) is 0.